The molecule has 0 atom stereocenters. The first-order valence-electron chi connectivity index (χ1n) is 12.6. The van der Waals surface area contributed by atoms with E-state index in [4.69, 9.17) is 4.74 Å². The van der Waals surface area contributed by atoms with Crippen LogP contribution in [-0.4, -0.2) is 0 Å². The fourth-order valence-electron chi connectivity index (χ4n) is 3.88. The van der Waals surface area contributed by atoms with E-state index < -0.39 is 0 Å². The Hall–Kier alpha value is -2.62. The zero-order valence-corrected chi connectivity index (χ0v) is 22.3. The number of benzene rings is 4. The van der Waals surface area contributed by atoms with Gasteiger partial charge in [0.25, 0.3) is 0 Å². The second kappa shape index (κ2) is 13.5. The molecule has 0 saturated heterocycles. The second-order valence-corrected chi connectivity index (χ2v) is 11.0. The summed E-state index contributed by atoms with van der Waals surface area (Å²) < 4.78 is 6.18. The molecule has 0 aliphatic rings. The first-order valence-corrected chi connectivity index (χ1v) is 14.3. The van der Waals surface area contributed by atoms with Gasteiger partial charge in [0.15, 0.2) is 0 Å². The van der Waals surface area contributed by atoms with Crippen molar-refractivity contribution in [2.75, 3.05) is 0 Å². The van der Waals surface area contributed by atoms with Crippen LogP contribution in [0.1, 0.15) is 50.7 Å². The summed E-state index contributed by atoms with van der Waals surface area (Å²) in [5, 5.41) is 0. The maximum atomic E-state index is 6.18. The van der Waals surface area contributed by atoms with E-state index in [9.17, 15) is 0 Å². The summed E-state index contributed by atoms with van der Waals surface area (Å²) in [5.41, 5.74) is 2.83. The van der Waals surface area contributed by atoms with Crippen LogP contribution < -0.4 is 4.74 Å². The minimum absolute atomic E-state index is 0.856. The van der Waals surface area contributed by atoms with Crippen molar-refractivity contribution in [3.05, 3.63) is 108 Å². The van der Waals surface area contributed by atoms with Gasteiger partial charge in [-0.3, -0.25) is 0 Å². The van der Waals surface area contributed by atoms with Crippen LogP contribution in [0, 0.1) is 0 Å². The van der Waals surface area contributed by atoms with Gasteiger partial charge in [-0.25, -0.2) is 0 Å². The average molecular weight is 499 g/mol. The quantitative estimate of drug-likeness (QED) is 0.192. The standard InChI is InChI=1S/C32H34OS2/c1-3-5-10-25-12-7-15-30(22-25)34-29-20-18-27(19-21-29)33-28-14-9-17-32(24-28)35-31-16-8-13-26(23-31)11-6-4-2/h7-9,12-24H,3-6,10-11H2,1-2H3. The number of unbranched alkanes of at least 4 members (excludes halogenated alkanes) is 2. The van der Waals surface area contributed by atoms with Gasteiger partial charge < -0.3 is 4.74 Å². The normalized spacial score (nSPS) is 10.9. The van der Waals surface area contributed by atoms with Gasteiger partial charge in [0.1, 0.15) is 11.5 Å². The number of ether oxygens (including phenoxy) is 1. The van der Waals surface area contributed by atoms with Crippen LogP contribution >= 0.6 is 23.5 Å². The molecule has 0 aliphatic carbocycles. The number of hydrogen-bond acceptors (Lipinski definition) is 3. The van der Waals surface area contributed by atoms with E-state index in [0.29, 0.717) is 0 Å². The summed E-state index contributed by atoms with van der Waals surface area (Å²) in [4.78, 5) is 4.97. The molecule has 0 bridgehead atoms. The zero-order chi connectivity index (χ0) is 24.3. The monoisotopic (exact) mass is 498 g/mol. The van der Waals surface area contributed by atoms with Crippen molar-refractivity contribution in [3.63, 3.8) is 0 Å². The molecule has 0 heterocycles. The van der Waals surface area contributed by atoms with Crippen LogP contribution in [0.3, 0.4) is 0 Å². The SMILES string of the molecule is CCCCc1cccc(Sc2ccc(Oc3cccc(Sc4cccc(CCCC)c4)c3)cc2)c1. The highest BCUT2D eigenvalue weighted by Crippen LogP contribution is 2.34. The third-order valence-electron chi connectivity index (χ3n) is 5.77. The van der Waals surface area contributed by atoms with Crippen LogP contribution in [-0.2, 0) is 12.8 Å². The molecule has 4 aromatic carbocycles. The van der Waals surface area contributed by atoms with Gasteiger partial charge in [-0.2, -0.15) is 0 Å². The van der Waals surface area contributed by atoms with Gasteiger partial charge in [-0.05, 0) is 104 Å². The van der Waals surface area contributed by atoms with Crippen LogP contribution in [0.15, 0.2) is 117 Å². The van der Waals surface area contributed by atoms with Gasteiger partial charge in [-0.1, -0.05) is 80.5 Å². The lowest BCUT2D eigenvalue weighted by atomic mass is 10.1. The Morgan fingerprint density at radius 2 is 1.03 bits per heavy atom. The molecular weight excluding hydrogens is 464 g/mol. The molecule has 0 amide bonds. The Morgan fingerprint density at radius 1 is 0.514 bits per heavy atom. The highest BCUT2D eigenvalue weighted by molar-refractivity contribution is 7.99. The Morgan fingerprint density at radius 3 is 1.60 bits per heavy atom. The van der Waals surface area contributed by atoms with Gasteiger partial charge in [0.05, 0.1) is 0 Å². The predicted octanol–water partition coefficient (Wildman–Crippen LogP) is 10.5. The third-order valence-corrected chi connectivity index (χ3v) is 7.75. The first-order chi connectivity index (χ1) is 17.2. The topological polar surface area (TPSA) is 9.23 Å². The summed E-state index contributed by atoms with van der Waals surface area (Å²) in [5.74, 6) is 1.72. The number of rotatable bonds is 12. The van der Waals surface area contributed by atoms with E-state index in [-0.39, 0.29) is 0 Å². The van der Waals surface area contributed by atoms with Crippen molar-refractivity contribution in [2.24, 2.45) is 0 Å². The minimum Gasteiger partial charge on any atom is -0.457 e. The van der Waals surface area contributed by atoms with E-state index in [1.165, 1.54) is 56.4 Å². The Kier molecular flexibility index (Phi) is 9.80. The van der Waals surface area contributed by atoms with Crippen LogP contribution in [0.2, 0.25) is 0 Å². The Labute approximate surface area is 219 Å². The number of aryl methyl sites for hydroxylation is 2. The van der Waals surface area contributed by atoms with Gasteiger partial charge in [0.2, 0.25) is 0 Å². The summed E-state index contributed by atoms with van der Waals surface area (Å²) in [6, 6.07) is 34.5. The fraction of sp³-hybridized carbons (Fsp3) is 0.250. The smallest absolute Gasteiger partial charge is 0.128 e. The van der Waals surface area contributed by atoms with Crippen LogP contribution in [0.4, 0.5) is 0 Å². The summed E-state index contributed by atoms with van der Waals surface area (Å²) in [7, 11) is 0. The molecule has 4 aromatic rings. The molecule has 35 heavy (non-hydrogen) atoms. The maximum Gasteiger partial charge on any atom is 0.128 e. The summed E-state index contributed by atoms with van der Waals surface area (Å²) >= 11 is 3.59. The predicted molar refractivity (Wildman–Crippen MR) is 151 cm³/mol. The Balaban J connectivity index is 1.36. The Bertz CT molecular complexity index is 1200. The van der Waals surface area contributed by atoms with E-state index in [1.807, 2.05) is 6.07 Å². The van der Waals surface area contributed by atoms with E-state index in [1.54, 1.807) is 23.5 Å². The lowest BCUT2D eigenvalue weighted by molar-refractivity contribution is 0.481. The molecule has 0 spiro atoms. The number of hydrogen-bond donors (Lipinski definition) is 0. The van der Waals surface area contributed by atoms with E-state index in [0.717, 1.165) is 24.3 Å². The molecule has 0 unspecified atom stereocenters. The van der Waals surface area contributed by atoms with E-state index in [2.05, 4.69) is 105 Å². The molecule has 180 valence electrons. The van der Waals surface area contributed by atoms with Crippen LogP contribution in [0.5, 0.6) is 11.5 Å². The van der Waals surface area contributed by atoms with Gasteiger partial charge in [-0.15, -0.1) is 0 Å². The molecule has 0 saturated carbocycles. The minimum atomic E-state index is 0.856. The molecule has 0 radical (unpaired) electrons. The lowest BCUT2D eigenvalue weighted by Gasteiger charge is -2.10. The van der Waals surface area contributed by atoms with Crippen LogP contribution in [0.25, 0.3) is 0 Å². The molecule has 3 heteroatoms. The van der Waals surface area contributed by atoms with Crippen molar-refractivity contribution in [2.45, 2.75) is 72.0 Å². The summed E-state index contributed by atoms with van der Waals surface area (Å²) in [6.45, 7) is 4.48. The molecule has 4 rings (SSSR count). The third kappa shape index (κ3) is 8.23. The molecule has 0 aromatic heterocycles. The zero-order valence-electron chi connectivity index (χ0n) is 20.7. The molecule has 0 aliphatic heterocycles. The highest BCUT2D eigenvalue weighted by Gasteiger charge is 2.05. The highest BCUT2D eigenvalue weighted by atomic mass is 32.2. The van der Waals surface area contributed by atoms with Crippen molar-refractivity contribution in [3.8, 4) is 11.5 Å². The first kappa shape index (κ1) is 25.5. The lowest BCUT2D eigenvalue weighted by Crippen LogP contribution is -1.86. The molecule has 0 N–H and O–H groups in total. The van der Waals surface area contributed by atoms with Gasteiger partial charge in [0, 0.05) is 19.6 Å². The van der Waals surface area contributed by atoms with Gasteiger partial charge >= 0.3 is 0 Å². The molecular formula is C32H34OS2. The summed E-state index contributed by atoms with van der Waals surface area (Å²) in [6.07, 6.45) is 7.23. The largest absolute Gasteiger partial charge is 0.457 e. The average Bonchev–Trinajstić information content (AvgIpc) is 2.88. The molecule has 1 nitrogen and oxygen atoms in total. The van der Waals surface area contributed by atoms with Crippen molar-refractivity contribution in [1.29, 1.82) is 0 Å². The fourth-order valence-corrected chi connectivity index (χ4v) is 5.73. The van der Waals surface area contributed by atoms with Crippen molar-refractivity contribution < 1.29 is 4.74 Å². The maximum absolute atomic E-state index is 6.18. The van der Waals surface area contributed by atoms with E-state index >= 15 is 0 Å². The van der Waals surface area contributed by atoms with Crippen molar-refractivity contribution >= 4 is 23.5 Å². The second-order valence-electron chi connectivity index (χ2n) is 8.75. The van der Waals surface area contributed by atoms with Crippen molar-refractivity contribution in [1.82, 2.24) is 0 Å². The molecule has 0 fully saturated rings.